The first-order valence-electron chi connectivity index (χ1n) is 17.8. The fourth-order valence-corrected chi connectivity index (χ4v) is 13.1. The van der Waals surface area contributed by atoms with Gasteiger partial charge < -0.3 is 25.0 Å². The van der Waals surface area contributed by atoms with Crippen molar-refractivity contribution < 1.29 is 38.1 Å². The van der Waals surface area contributed by atoms with E-state index in [-0.39, 0.29) is 51.9 Å². The van der Waals surface area contributed by atoms with Crippen molar-refractivity contribution in [1.82, 2.24) is 8.85 Å². The zero-order valence-corrected chi connectivity index (χ0v) is 31.8. The van der Waals surface area contributed by atoms with Crippen LogP contribution in [0.1, 0.15) is 120 Å². The Morgan fingerprint density at radius 1 is 0.957 bits per heavy atom. The van der Waals surface area contributed by atoms with Crippen LogP contribution in [0.2, 0.25) is 0 Å². The van der Waals surface area contributed by atoms with Crippen molar-refractivity contribution in [2.24, 2.45) is 44.8 Å². The van der Waals surface area contributed by atoms with E-state index in [0.29, 0.717) is 19.3 Å². The minimum atomic E-state index is -2.90. The minimum absolute atomic E-state index is 0.0631. The molecule has 6 rings (SSSR count). The van der Waals surface area contributed by atoms with E-state index in [2.05, 4.69) is 29.6 Å². The molecule has 268 valence electrons. The molecule has 0 aromatic rings. The van der Waals surface area contributed by atoms with E-state index >= 15 is 8.78 Å². The lowest BCUT2D eigenvalue weighted by atomic mass is 9.41. The molecule has 2 spiro atoms. The summed E-state index contributed by atoms with van der Waals surface area (Å²) in [6, 6.07) is -1.45. The zero-order valence-electron chi connectivity index (χ0n) is 29.6. The summed E-state index contributed by atoms with van der Waals surface area (Å²) in [5, 5.41) is 25.5. The standard InChI is InChI=1S/C36H57F2IN2O6/c1-19(41-39)27(43)40-20(2)28(44)46-22-16-23-32(8)17-21(42)25(33(9)11-10-24(47-33)30(5,6)45)31(32,7)12-13-34(23)18-35(34)14-15-36(37,38)29(3,4)26(22)35/h19-26,41-42,45H,10-18H2,1-9H3,(H,40,43)/t19-,20-,21+,22+,23+,24+,25+,26+,31-,32+,33+,34+,35-/m1/s1. The first-order chi connectivity index (χ1) is 21.5. The van der Waals surface area contributed by atoms with E-state index in [0.717, 1.165) is 32.1 Å². The van der Waals surface area contributed by atoms with Crippen molar-refractivity contribution in [3.05, 3.63) is 0 Å². The molecule has 0 aromatic carbocycles. The first kappa shape index (κ1) is 36.2. The first-order valence-corrected chi connectivity index (χ1v) is 18.9. The van der Waals surface area contributed by atoms with Crippen LogP contribution < -0.4 is 8.85 Å². The van der Waals surface area contributed by atoms with Gasteiger partial charge in [0.15, 0.2) is 0 Å². The van der Waals surface area contributed by atoms with Crippen molar-refractivity contribution >= 4 is 34.7 Å². The van der Waals surface area contributed by atoms with Gasteiger partial charge in [-0.25, -0.2) is 17.1 Å². The second-order valence-electron chi connectivity index (χ2n) is 18.4. The zero-order chi connectivity index (χ0) is 35.0. The molecule has 0 aromatic heterocycles. The molecule has 5 aliphatic carbocycles. The summed E-state index contributed by atoms with van der Waals surface area (Å²) in [6.45, 7) is 16.8. The maximum Gasteiger partial charge on any atom is 0.328 e. The molecule has 6 fully saturated rings. The summed E-state index contributed by atoms with van der Waals surface area (Å²) in [6.07, 6.45) is 3.65. The Morgan fingerprint density at radius 3 is 2.19 bits per heavy atom. The van der Waals surface area contributed by atoms with Crippen LogP contribution in [0.4, 0.5) is 8.78 Å². The summed E-state index contributed by atoms with van der Waals surface area (Å²) >= 11 is 1.89. The monoisotopic (exact) mass is 778 g/mol. The molecule has 0 radical (unpaired) electrons. The van der Waals surface area contributed by atoms with Crippen molar-refractivity contribution in [1.29, 1.82) is 0 Å². The van der Waals surface area contributed by atoms with Crippen molar-refractivity contribution in [2.45, 2.75) is 168 Å². The topological polar surface area (TPSA) is 117 Å². The third-order valence-electron chi connectivity index (χ3n) is 15.4. The molecule has 1 saturated heterocycles. The van der Waals surface area contributed by atoms with Gasteiger partial charge in [-0.05, 0) is 114 Å². The van der Waals surface area contributed by atoms with Gasteiger partial charge in [0, 0.05) is 46.5 Å². The van der Waals surface area contributed by atoms with Crippen LogP contribution in [-0.4, -0.2) is 69.6 Å². The Labute approximate surface area is 293 Å². The summed E-state index contributed by atoms with van der Waals surface area (Å²) < 4.78 is 47.5. The second-order valence-corrected chi connectivity index (χ2v) is 19.0. The van der Waals surface area contributed by atoms with E-state index in [4.69, 9.17) is 9.47 Å². The predicted octanol–water partition coefficient (Wildman–Crippen LogP) is 6.09. The SMILES string of the molecule is C[C@@H](NI)C(=O)N[C@H](C)C(=O)O[C@H]1C[C@@H]2[C@]3(CC[C@]4(C)[C@@H]([C@]5(C)CC[C@@H](C(C)(C)O)O5)[C@@H](O)C[C@@]24C)C[C@@]32CCC(F)(F)C(C)(C)[C@H]12. The van der Waals surface area contributed by atoms with Crippen LogP contribution >= 0.6 is 22.9 Å². The highest BCUT2D eigenvalue weighted by atomic mass is 127. The number of aliphatic hydroxyl groups is 2. The average molecular weight is 779 g/mol. The number of rotatable bonds is 7. The fraction of sp³-hybridized carbons (Fsp3) is 0.944. The maximum absolute atomic E-state index is 15.8. The Kier molecular flexibility index (Phi) is 8.42. The van der Waals surface area contributed by atoms with Crippen molar-refractivity contribution in [2.75, 3.05) is 0 Å². The quantitative estimate of drug-likeness (QED) is 0.140. The molecule has 11 heteroatoms. The number of carbonyl (C=O) groups excluding carboxylic acids is 2. The van der Waals surface area contributed by atoms with Gasteiger partial charge in [-0.2, -0.15) is 0 Å². The molecule has 13 atom stereocenters. The Bertz CT molecular complexity index is 1310. The van der Waals surface area contributed by atoms with Gasteiger partial charge in [0.2, 0.25) is 5.91 Å². The molecular formula is C36H57F2IN2O6. The van der Waals surface area contributed by atoms with E-state index in [1.165, 1.54) is 0 Å². The molecular weight excluding hydrogens is 721 g/mol. The van der Waals surface area contributed by atoms with Gasteiger partial charge in [-0.1, -0.05) is 27.7 Å². The number of ether oxygens (including phenoxy) is 2. The van der Waals surface area contributed by atoms with Gasteiger partial charge >= 0.3 is 5.97 Å². The highest BCUT2D eigenvalue weighted by Crippen LogP contribution is 2.90. The number of fused-ring (bicyclic) bond motifs is 2. The molecule has 1 heterocycles. The van der Waals surface area contributed by atoms with Gasteiger partial charge in [-0.15, -0.1) is 0 Å². The number of alkyl halides is 2. The number of nitrogens with one attached hydrogen (secondary N) is 2. The number of amides is 1. The Hall–Kier alpha value is -0.630. The number of aliphatic hydroxyl groups excluding tert-OH is 1. The van der Waals surface area contributed by atoms with Gasteiger partial charge in [0.1, 0.15) is 12.1 Å². The predicted molar refractivity (Wildman–Crippen MR) is 182 cm³/mol. The third-order valence-corrected chi connectivity index (χ3v) is 16.3. The second kappa shape index (κ2) is 10.9. The highest BCUT2D eigenvalue weighted by molar-refractivity contribution is 14.1. The number of esters is 1. The third kappa shape index (κ3) is 4.87. The van der Waals surface area contributed by atoms with Crippen LogP contribution in [0, 0.1) is 44.8 Å². The Balaban J connectivity index is 1.36. The van der Waals surface area contributed by atoms with Gasteiger partial charge in [0.25, 0.3) is 5.92 Å². The summed E-state index contributed by atoms with van der Waals surface area (Å²) in [5.41, 5.74) is -4.16. The fourth-order valence-electron chi connectivity index (χ4n) is 12.8. The van der Waals surface area contributed by atoms with Crippen molar-refractivity contribution in [3.63, 3.8) is 0 Å². The van der Waals surface area contributed by atoms with Crippen LogP contribution in [0.15, 0.2) is 0 Å². The summed E-state index contributed by atoms with van der Waals surface area (Å²) in [5.74, 6) is -4.46. The van der Waals surface area contributed by atoms with E-state index < -0.39 is 58.7 Å². The molecule has 6 aliphatic rings. The summed E-state index contributed by atoms with van der Waals surface area (Å²) in [4.78, 5) is 26.2. The van der Waals surface area contributed by atoms with E-state index in [1.807, 2.05) is 22.9 Å². The average Bonchev–Trinajstić information content (AvgIpc) is 3.33. The smallest absolute Gasteiger partial charge is 0.328 e. The van der Waals surface area contributed by atoms with Gasteiger partial charge in [-0.3, -0.25) is 4.79 Å². The van der Waals surface area contributed by atoms with Crippen LogP contribution in [-0.2, 0) is 19.1 Å². The number of hydrogen-bond acceptors (Lipinski definition) is 7. The molecule has 4 N–H and O–H groups in total. The molecule has 1 aliphatic heterocycles. The highest BCUT2D eigenvalue weighted by Gasteiger charge is 2.86. The molecule has 0 bridgehead atoms. The van der Waals surface area contributed by atoms with Crippen LogP contribution in [0.25, 0.3) is 0 Å². The molecule has 5 saturated carbocycles. The lowest BCUT2D eigenvalue weighted by Crippen LogP contribution is -2.64. The Morgan fingerprint density at radius 2 is 1.60 bits per heavy atom. The molecule has 47 heavy (non-hydrogen) atoms. The van der Waals surface area contributed by atoms with Crippen LogP contribution in [0.3, 0.4) is 0 Å². The van der Waals surface area contributed by atoms with Crippen LogP contribution in [0.5, 0.6) is 0 Å². The maximum atomic E-state index is 15.8. The summed E-state index contributed by atoms with van der Waals surface area (Å²) in [7, 11) is 0. The lowest BCUT2D eigenvalue weighted by Gasteiger charge is -2.65. The van der Waals surface area contributed by atoms with E-state index in [9.17, 15) is 19.8 Å². The molecule has 1 amide bonds. The normalized spacial score (nSPS) is 49.1. The lowest BCUT2D eigenvalue weighted by molar-refractivity contribution is -0.252. The van der Waals surface area contributed by atoms with Crippen molar-refractivity contribution in [3.8, 4) is 0 Å². The number of carbonyl (C=O) groups is 2. The largest absolute Gasteiger partial charge is 0.461 e. The minimum Gasteiger partial charge on any atom is -0.461 e. The molecule has 8 nitrogen and oxygen atoms in total. The van der Waals surface area contributed by atoms with Gasteiger partial charge in [0.05, 0.1) is 29.5 Å². The number of halogens is 3. The number of hydrogen-bond donors (Lipinski definition) is 4. The van der Waals surface area contributed by atoms with E-state index in [1.54, 1.807) is 41.5 Å². The molecule has 0 unspecified atom stereocenters.